The number of Topliss-reactive ketones (excluding diaryl/α,β-unsaturated/α-hetero) is 1. The van der Waals surface area contributed by atoms with Crippen LogP contribution in [0.1, 0.15) is 52.8 Å². The Morgan fingerprint density at radius 2 is 1.61 bits per heavy atom. The Morgan fingerprint density at radius 1 is 0.879 bits per heavy atom. The monoisotopic (exact) mass is 439 g/mol. The van der Waals surface area contributed by atoms with Crippen LogP contribution in [0.5, 0.6) is 0 Å². The first-order chi connectivity index (χ1) is 16.0. The second-order valence-corrected chi connectivity index (χ2v) is 9.07. The highest BCUT2D eigenvalue weighted by Crippen LogP contribution is 2.47. The van der Waals surface area contributed by atoms with Crippen molar-refractivity contribution in [2.45, 2.75) is 43.7 Å². The number of aromatic nitrogens is 1. The highest BCUT2D eigenvalue weighted by Gasteiger charge is 2.58. The topological polar surface area (TPSA) is 87.7 Å². The molecular formula is C26H21N3O4. The second-order valence-electron chi connectivity index (χ2n) is 9.07. The normalized spacial score (nSPS) is 24.9. The van der Waals surface area contributed by atoms with Crippen molar-refractivity contribution < 1.29 is 19.2 Å². The molecule has 1 spiro atoms. The van der Waals surface area contributed by atoms with Gasteiger partial charge < -0.3 is 4.90 Å². The average Bonchev–Trinajstić information content (AvgIpc) is 3.23. The van der Waals surface area contributed by atoms with Gasteiger partial charge >= 0.3 is 0 Å². The molecule has 33 heavy (non-hydrogen) atoms. The number of ketones is 1. The van der Waals surface area contributed by atoms with Crippen molar-refractivity contribution in [1.82, 2.24) is 9.88 Å². The summed E-state index contributed by atoms with van der Waals surface area (Å²) in [5.41, 5.74) is 1.13. The molecule has 1 aromatic heterocycles. The number of imide groups is 1. The summed E-state index contributed by atoms with van der Waals surface area (Å²) in [6, 6.07) is 15.1. The summed E-state index contributed by atoms with van der Waals surface area (Å²) >= 11 is 0. The number of nitrogens with zero attached hydrogens (tertiary/aromatic N) is 3. The molecular weight excluding hydrogens is 418 g/mol. The highest BCUT2D eigenvalue weighted by atomic mass is 16.2. The zero-order valence-corrected chi connectivity index (χ0v) is 17.9. The molecule has 1 saturated heterocycles. The Balaban J connectivity index is 1.49. The van der Waals surface area contributed by atoms with Gasteiger partial charge in [0.1, 0.15) is 11.8 Å². The van der Waals surface area contributed by atoms with Crippen molar-refractivity contribution in [3.05, 3.63) is 71.9 Å². The predicted molar refractivity (Wildman–Crippen MR) is 121 cm³/mol. The van der Waals surface area contributed by atoms with E-state index in [2.05, 4.69) is 4.98 Å². The lowest BCUT2D eigenvalue weighted by atomic mass is 9.78. The number of benzene rings is 2. The molecule has 2 atom stereocenters. The molecule has 3 aliphatic rings. The number of carbonyl (C=O) groups excluding carboxylic acids is 4. The van der Waals surface area contributed by atoms with Crippen molar-refractivity contribution in [3.63, 3.8) is 0 Å². The van der Waals surface area contributed by atoms with E-state index in [9.17, 15) is 19.2 Å². The molecule has 0 unspecified atom stereocenters. The third kappa shape index (κ3) is 2.78. The van der Waals surface area contributed by atoms with E-state index < -0.39 is 23.4 Å². The molecule has 164 valence electrons. The van der Waals surface area contributed by atoms with Crippen LogP contribution in [0.2, 0.25) is 0 Å². The van der Waals surface area contributed by atoms with E-state index in [0.29, 0.717) is 41.6 Å². The predicted octanol–water partition coefficient (Wildman–Crippen LogP) is 3.52. The van der Waals surface area contributed by atoms with Crippen LogP contribution in [0.3, 0.4) is 0 Å². The standard InChI is InChI=1S/C26H21N3O4/c30-17-8-4-12-26(14-17)15-21(28-23(31)18-9-1-2-10-19(18)24(28)32)25(33)29(26)20-11-3-6-16-7-5-13-27-22(16)20/h1-3,5-7,9-11,13,21H,4,8,12,14-15H2/t21-,26-/m1/s1. The fraction of sp³-hybridized carbons (Fsp3) is 0.269. The van der Waals surface area contributed by atoms with Crippen LogP contribution in [0.15, 0.2) is 60.8 Å². The third-order valence-corrected chi connectivity index (χ3v) is 7.17. The summed E-state index contributed by atoms with van der Waals surface area (Å²) in [5, 5.41) is 0.879. The van der Waals surface area contributed by atoms with Crippen LogP contribution in [0.25, 0.3) is 10.9 Å². The quantitative estimate of drug-likeness (QED) is 0.570. The van der Waals surface area contributed by atoms with E-state index in [1.165, 1.54) is 0 Å². The van der Waals surface area contributed by atoms with Crippen LogP contribution in [0, 0.1) is 0 Å². The lowest BCUT2D eigenvalue weighted by Crippen LogP contribution is -2.50. The number of amides is 3. The molecule has 0 bridgehead atoms. The summed E-state index contributed by atoms with van der Waals surface area (Å²) in [5.74, 6) is -1.15. The van der Waals surface area contributed by atoms with Gasteiger partial charge in [-0.2, -0.15) is 0 Å². The molecule has 2 aromatic carbocycles. The van der Waals surface area contributed by atoms with E-state index >= 15 is 0 Å². The molecule has 7 heteroatoms. The summed E-state index contributed by atoms with van der Waals surface area (Å²) in [7, 11) is 0. The van der Waals surface area contributed by atoms with E-state index in [0.717, 1.165) is 10.3 Å². The van der Waals surface area contributed by atoms with Crippen molar-refractivity contribution >= 4 is 40.1 Å². The molecule has 3 heterocycles. The summed E-state index contributed by atoms with van der Waals surface area (Å²) in [6.07, 6.45) is 3.90. The van der Waals surface area contributed by atoms with Crippen LogP contribution in [0.4, 0.5) is 5.69 Å². The minimum Gasteiger partial charge on any atom is -0.302 e. The molecule has 0 N–H and O–H groups in total. The Bertz CT molecular complexity index is 1330. The van der Waals surface area contributed by atoms with Gasteiger partial charge in [-0.05, 0) is 37.1 Å². The molecule has 1 saturated carbocycles. The van der Waals surface area contributed by atoms with Gasteiger partial charge in [-0.15, -0.1) is 0 Å². The lowest BCUT2D eigenvalue weighted by Gasteiger charge is -2.40. The van der Waals surface area contributed by atoms with Gasteiger partial charge in [-0.1, -0.05) is 30.3 Å². The molecule has 3 amide bonds. The van der Waals surface area contributed by atoms with Crippen molar-refractivity contribution in [2.75, 3.05) is 4.90 Å². The summed E-state index contributed by atoms with van der Waals surface area (Å²) in [6.45, 7) is 0. The molecule has 2 aliphatic heterocycles. The number of anilines is 1. The van der Waals surface area contributed by atoms with Crippen LogP contribution >= 0.6 is 0 Å². The van der Waals surface area contributed by atoms with Gasteiger partial charge in [-0.3, -0.25) is 29.1 Å². The van der Waals surface area contributed by atoms with Gasteiger partial charge in [0.25, 0.3) is 17.7 Å². The lowest BCUT2D eigenvalue weighted by molar-refractivity contribution is -0.122. The fourth-order valence-corrected chi connectivity index (χ4v) is 5.78. The Labute approximate surface area is 190 Å². The van der Waals surface area contributed by atoms with Gasteiger partial charge in [0.15, 0.2) is 0 Å². The number of pyridine rings is 1. The zero-order valence-electron chi connectivity index (χ0n) is 17.9. The molecule has 3 aromatic rings. The third-order valence-electron chi connectivity index (χ3n) is 7.17. The fourth-order valence-electron chi connectivity index (χ4n) is 5.78. The average molecular weight is 439 g/mol. The van der Waals surface area contributed by atoms with Gasteiger partial charge in [-0.25, -0.2) is 0 Å². The number of carbonyl (C=O) groups is 4. The van der Waals surface area contributed by atoms with Crippen molar-refractivity contribution in [1.29, 1.82) is 0 Å². The maximum atomic E-state index is 14.0. The highest BCUT2D eigenvalue weighted by molar-refractivity contribution is 6.24. The first-order valence-corrected chi connectivity index (χ1v) is 11.2. The van der Waals surface area contributed by atoms with Crippen LogP contribution in [-0.2, 0) is 9.59 Å². The van der Waals surface area contributed by atoms with Crippen LogP contribution < -0.4 is 4.90 Å². The van der Waals surface area contributed by atoms with Crippen molar-refractivity contribution in [3.8, 4) is 0 Å². The molecule has 6 rings (SSSR count). The number of hydrogen-bond acceptors (Lipinski definition) is 5. The maximum absolute atomic E-state index is 14.0. The minimum atomic E-state index is -0.956. The number of rotatable bonds is 2. The van der Waals surface area contributed by atoms with E-state index in [4.69, 9.17) is 0 Å². The van der Waals surface area contributed by atoms with E-state index in [-0.39, 0.29) is 24.5 Å². The SMILES string of the molecule is O=C1CCC[C@@]2(C1)C[C@@H](N1C(=O)c3ccccc3C1=O)C(=O)N2c1cccc2cccnc12. The van der Waals surface area contributed by atoms with Gasteiger partial charge in [0.2, 0.25) is 0 Å². The second kappa shape index (κ2) is 7.07. The maximum Gasteiger partial charge on any atom is 0.262 e. The smallest absolute Gasteiger partial charge is 0.262 e. The first-order valence-electron chi connectivity index (χ1n) is 11.2. The molecule has 7 nitrogen and oxygen atoms in total. The molecule has 2 fully saturated rings. The minimum absolute atomic E-state index is 0.0928. The number of hydrogen-bond donors (Lipinski definition) is 0. The number of fused-ring (bicyclic) bond motifs is 2. The summed E-state index contributed by atoms with van der Waals surface area (Å²) in [4.78, 5) is 60.3. The summed E-state index contributed by atoms with van der Waals surface area (Å²) < 4.78 is 0. The molecule has 1 aliphatic carbocycles. The van der Waals surface area contributed by atoms with Gasteiger partial charge in [0, 0.05) is 30.8 Å². The van der Waals surface area contributed by atoms with Crippen LogP contribution in [-0.4, -0.2) is 45.0 Å². The Kier molecular flexibility index (Phi) is 4.24. The van der Waals surface area contributed by atoms with E-state index in [1.54, 1.807) is 35.4 Å². The largest absolute Gasteiger partial charge is 0.302 e. The van der Waals surface area contributed by atoms with Crippen molar-refractivity contribution in [2.24, 2.45) is 0 Å². The molecule has 0 radical (unpaired) electrons. The number of para-hydroxylation sites is 1. The first kappa shape index (κ1) is 19.8. The van der Waals surface area contributed by atoms with Gasteiger partial charge in [0.05, 0.1) is 27.9 Å². The zero-order chi connectivity index (χ0) is 22.7. The Morgan fingerprint density at radius 3 is 2.33 bits per heavy atom. The van der Waals surface area contributed by atoms with E-state index in [1.807, 2.05) is 30.3 Å². The Hall–Kier alpha value is -3.87.